The average Bonchev–Trinajstić information content (AvgIpc) is 2.28. The van der Waals surface area contributed by atoms with Crippen LogP contribution in [-0.2, 0) is 4.74 Å². The van der Waals surface area contributed by atoms with Crippen LogP contribution in [0.4, 0.5) is 0 Å². The van der Waals surface area contributed by atoms with Gasteiger partial charge in [-0.25, -0.2) is 0 Å². The van der Waals surface area contributed by atoms with E-state index in [1.807, 2.05) is 0 Å². The number of likely N-dealkylation sites (N-methyl/N-ethyl adjacent to an activating group) is 1. The van der Waals surface area contributed by atoms with Crippen molar-refractivity contribution in [3.63, 3.8) is 0 Å². The summed E-state index contributed by atoms with van der Waals surface area (Å²) in [5, 5.41) is 3.43. The Morgan fingerprint density at radius 3 is 2.69 bits per heavy atom. The van der Waals surface area contributed by atoms with Crippen molar-refractivity contribution in [2.24, 2.45) is 11.8 Å². The summed E-state index contributed by atoms with van der Waals surface area (Å²) in [6, 6.07) is 0.542. The fourth-order valence-electron chi connectivity index (χ4n) is 2.42. The zero-order chi connectivity index (χ0) is 12.0. The molecule has 0 amide bonds. The van der Waals surface area contributed by atoms with E-state index in [9.17, 15) is 0 Å². The first-order valence-electron chi connectivity index (χ1n) is 6.62. The Morgan fingerprint density at radius 2 is 2.12 bits per heavy atom. The van der Waals surface area contributed by atoms with Crippen molar-refractivity contribution in [1.29, 1.82) is 0 Å². The van der Waals surface area contributed by atoms with Crippen molar-refractivity contribution in [2.75, 3.05) is 39.9 Å². The first kappa shape index (κ1) is 13.9. The van der Waals surface area contributed by atoms with Gasteiger partial charge in [0, 0.05) is 26.2 Å². The van der Waals surface area contributed by atoms with Gasteiger partial charge in [0.15, 0.2) is 0 Å². The lowest BCUT2D eigenvalue weighted by Crippen LogP contribution is -2.50. The molecule has 1 aliphatic heterocycles. The number of piperidine rings is 1. The van der Waals surface area contributed by atoms with Gasteiger partial charge < -0.3 is 10.1 Å². The molecule has 0 radical (unpaired) electrons. The zero-order valence-corrected chi connectivity index (χ0v) is 11.3. The second kappa shape index (κ2) is 7.25. The van der Waals surface area contributed by atoms with Gasteiger partial charge in [0.25, 0.3) is 0 Å². The summed E-state index contributed by atoms with van der Waals surface area (Å²) in [5.74, 6) is 1.69. The molecule has 3 nitrogen and oxygen atoms in total. The molecule has 0 aliphatic carbocycles. The Bertz CT molecular complexity index is 185. The molecular formula is C13H28N2O. The third kappa shape index (κ3) is 4.04. The molecule has 1 aliphatic rings. The first-order valence-corrected chi connectivity index (χ1v) is 6.62. The summed E-state index contributed by atoms with van der Waals surface area (Å²) in [7, 11) is 1.80. The SMILES string of the molecule is CCNCC(COC)N1CCC(C)C(C)C1. The van der Waals surface area contributed by atoms with Crippen LogP contribution in [0.2, 0.25) is 0 Å². The lowest BCUT2D eigenvalue weighted by atomic mass is 9.88. The smallest absolute Gasteiger partial charge is 0.0630 e. The second-order valence-corrected chi connectivity index (χ2v) is 5.16. The maximum absolute atomic E-state index is 5.33. The number of hydrogen-bond donors (Lipinski definition) is 1. The molecule has 0 saturated carbocycles. The van der Waals surface area contributed by atoms with Crippen molar-refractivity contribution in [3.8, 4) is 0 Å². The first-order chi connectivity index (χ1) is 7.69. The number of nitrogens with one attached hydrogen (secondary N) is 1. The van der Waals surface area contributed by atoms with Crippen molar-refractivity contribution in [1.82, 2.24) is 10.2 Å². The van der Waals surface area contributed by atoms with Crippen LogP contribution in [0, 0.1) is 11.8 Å². The Kier molecular flexibility index (Phi) is 6.32. The molecule has 0 bridgehead atoms. The number of likely N-dealkylation sites (tertiary alicyclic amines) is 1. The van der Waals surface area contributed by atoms with Gasteiger partial charge in [-0.1, -0.05) is 20.8 Å². The van der Waals surface area contributed by atoms with Gasteiger partial charge in [0.05, 0.1) is 6.61 Å². The second-order valence-electron chi connectivity index (χ2n) is 5.16. The molecule has 0 spiro atoms. The molecule has 96 valence electrons. The van der Waals surface area contributed by atoms with Gasteiger partial charge in [0.2, 0.25) is 0 Å². The van der Waals surface area contributed by atoms with Crippen LogP contribution >= 0.6 is 0 Å². The van der Waals surface area contributed by atoms with Crippen LogP contribution in [-0.4, -0.2) is 50.8 Å². The quantitative estimate of drug-likeness (QED) is 0.747. The largest absolute Gasteiger partial charge is 0.383 e. The van der Waals surface area contributed by atoms with E-state index in [2.05, 4.69) is 31.0 Å². The highest BCUT2D eigenvalue weighted by molar-refractivity contribution is 4.81. The summed E-state index contributed by atoms with van der Waals surface area (Å²) in [5.41, 5.74) is 0. The highest BCUT2D eigenvalue weighted by atomic mass is 16.5. The van der Waals surface area contributed by atoms with Crippen LogP contribution in [0.25, 0.3) is 0 Å². The molecule has 3 unspecified atom stereocenters. The van der Waals surface area contributed by atoms with E-state index in [1.165, 1.54) is 19.5 Å². The van der Waals surface area contributed by atoms with Crippen LogP contribution in [0.3, 0.4) is 0 Å². The van der Waals surface area contributed by atoms with Gasteiger partial charge >= 0.3 is 0 Å². The van der Waals surface area contributed by atoms with E-state index in [0.717, 1.165) is 31.5 Å². The van der Waals surface area contributed by atoms with Crippen LogP contribution < -0.4 is 5.32 Å². The fourth-order valence-corrected chi connectivity index (χ4v) is 2.42. The molecule has 1 saturated heterocycles. The summed E-state index contributed by atoms with van der Waals surface area (Å²) in [6.07, 6.45) is 1.33. The summed E-state index contributed by atoms with van der Waals surface area (Å²) >= 11 is 0. The molecule has 1 heterocycles. The summed E-state index contributed by atoms with van der Waals surface area (Å²) in [6.45, 7) is 12.3. The Balaban J connectivity index is 2.43. The molecule has 0 aromatic rings. The number of methoxy groups -OCH3 is 1. The van der Waals surface area contributed by atoms with E-state index in [-0.39, 0.29) is 0 Å². The molecular weight excluding hydrogens is 200 g/mol. The predicted octanol–water partition coefficient (Wildman–Crippen LogP) is 1.59. The standard InChI is InChI=1S/C13H28N2O/c1-5-14-8-13(10-16-4)15-7-6-11(2)12(3)9-15/h11-14H,5-10H2,1-4H3. The predicted molar refractivity (Wildman–Crippen MR) is 68.7 cm³/mol. The summed E-state index contributed by atoms with van der Waals surface area (Å²) in [4.78, 5) is 2.59. The van der Waals surface area contributed by atoms with E-state index >= 15 is 0 Å². The lowest BCUT2D eigenvalue weighted by molar-refractivity contribution is 0.0462. The van der Waals surface area contributed by atoms with Crippen LogP contribution in [0.1, 0.15) is 27.2 Å². The topological polar surface area (TPSA) is 24.5 Å². The molecule has 16 heavy (non-hydrogen) atoms. The number of nitrogens with zero attached hydrogens (tertiary/aromatic N) is 1. The van der Waals surface area contributed by atoms with Crippen LogP contribution in [0.15, 0.2) is 0 Å². The van der Waals surface area contributed by atoms with Gasteiger partial charge in [-0.2, -0.15) is 0 Å². The number of hydrogen-bond acceptors (Lipinski definition) is 3. The monoisotopic (exact) mass is 228 g/mol. The number of rotatable bonds is 6. The maximum Gasteiger partial charge on any atom is 0.0630 e. The minimum atomic E-state index is 0.542. The fraction of sp³-hybridized carbons (Fsp3) is 1.00. The van der Waals surface area contributed by atoms with E-state index in [4.69, 9.17) is 4.74 Å². The Labute approximate surface area is 101 Å². The van der Waals surface area contributed by atoms with E-state index in [1.54, 1.807) is 7.11 Å². The summed E-state index contributed by atoms with van der Waals surface area (Å²) < 4.78 is 5.33. The van der Waals surface area contributed by atoms with Crippen molar-refractivity contribution < 1.29 is 4.74 Å². The van der Waals surface area contributed by atoms with Crippen LogP contribution in [0.5, 0.6) is 0 Å². The molecule has 1 fully saturated rings. The van der Waals surface area contributed by atoms with E-state index < -0.39 is 0 Å². The Hall–Kier alpha value is -0.120. The highest BCUT2D eigenvalue weighted by Gasteiger charge is 2.27. The van der Waals surface area contributed by atoms with Crippen molar-refractivity contribution in [2.45, 2.75) is 33.2 Å². The zero-order valence-electron chi connectivity index (χ0n) is 11.3. The third-order valence-corrected chi connectivity index (χ3v) is 3.87. The Morgan fingerprint density at radius 1 is 1.38 bits per heavy atom. The number of ether oxygens (including phenoxy) is 1. The van der Waals surface area contributed by atoms with Crippen molar-refractivity contribution in [3.05, 3.63) is 0 Å². The molecule has 0 aromatic carbocycles. The molecule has 3 heteroatoms. The maximum atomic E-state index is 5.33. The van der Waals surface area contributed by atoms with E-state index in [0.29, 0.717) is 6.04 Å². The van der Waals surface area contributed by atoms with Gasteiger partial charge in [-0.15, -0.1) is 0 Å². The molecule has 3 atom stereocenters. The minimum Gasteiger partial charge on any atom is -0.383 e. The van der Waals surface area contributed by atoms with Gasteiger partial charge in [-0.05, 0) is 31.3 Å². The average molecular weight is 228 g/mol. The lowest BCUT2D eigenvalue weighted by Gasteiger charge is -2.40. The molecule has 1 N–H and O–H groups in total. The van der Waals surface area contributed by atoms with Gasteiger partial charge in [0.1, 0.15) is 0 Å². The minimum absolute atomic E-state index is 0.542. The third-order valence-electron chi connectivity index (χ3n) is 3.87. The normalized spacial score (nSPS) is 29.2. The molecule has 0 aromatic heterocycles. The molecule has 1 rings (SSSR count). The van der Waals surface area contributed by atoms with Crippen molar-refractivity contribution >= 4 is 0 Å². The van der Waals surface area contributed by atoms with Gasteiger partial charge in [-0.3, -0.25) is 4.90 Å². The highest BCUT2D eigenvalue weighted by Crippen LogP contribution is 2.23.